The quantitative estimate of drug-likeness (QED) is 0.738. The number of sulfonamides is 1. The minimum absolute atomic E-state index is 0.140. The Kier molecular flexibility index (Phi) is 5.69. The van der Waals surface area contributed by atoms with Crippen molar-refractivity contribution in [3.05, 3.63) is 53.6 Å². The highest BCUT2D eigenvalue weighted by Crippen LogP contribution is 2.27. The van der Waals surface area contributed by atoms with Gasteiger partial charge in [0.05, 0.1) is 29.9 Å². The number of methoxy groups -OCH3 is 1. The molecule has 0 N–H and O–H groups in total. The number of esters is 1. The second kappa shape index (κ2) is 7.57. The third-order valence-electron chi connectivity index (χ3n) is 3.76. The number of nitrogens with zero attached hydrogens (tertiary/aromatic N) is 1. The van der Waals surface area contributed by atoms with Gasteiger partial charge in [-0.15, -0.1) is 0 Å². The third kappa shape index (κ3) is 3.93. The van der Waals surface area contributed by atoms with Crippen molar-refractivity contribution in [3.8, 4) is 5.75 Å². The minimum Gasteiger partial charge on any atom is -0.494 e. The van der Waals surface area contributed by atoms with Crippen LogP contribution in [-0.2, 0) is 14.8 Å². The monoisotopic (exact) mass is 363 g/mol. The maximum atomic E-state index is 12.9. The fourth-order valence-corrected chi connectivity index (χ4v) is 3.61. The highest BCUT2D eigenvalue weighted by Gasteiger charge is 2.23. The Labute approximate surface area is 148 Å². The van der Waals surface area contributed by atoms with Gasteiger partial charge in [0, 0.05) is 7.05 Å². The lowest BCUT2D eigenvalue weighted by Gasteiger charge is -2.22. The smallest absolute Gasteiger partial charge is 0.337 e. The Morgan fingerprint density at radius 2 is 1.76 bits per heavy atom. The van der Waals surface area contributed by atoms with E-state index in [0.717, 1.165) is 9.87 Å². The Hall–Kier alpha value is -2.54. The second-order valence-electron chi connectivity index (χ2n) is 5.37. The van der Waals surface area contributed by atoms with Crippen LogP contribution in [-0.4, -0.2) is 35.2 Å². The van der Waals surface area contributed by atoms with Crippen molar-refractivity contribution in [2.24, 2.45) is 0 Å². The van der Waals surface area contributed by atoms with Gasteiger partial charge < -0.3 is 9.47 Å². The number of rotatable bonds is 6. The lowest BCUT2D eigenvalue weighted by molar-refractivity contribution is 0.0600. The number of hydrogen-bond donors (Lipinski definition) is 0. The molecule has 0 bridgehead atoms. The van der Waals surface area contributed by atoms with Crippen LogP contribution in [0.1, 0.15) is 22.8 Å². The van der Waals surface area contributed by atoms with E-state index in [1.807, 2.05) is 6.92 Å². The van der Waals surface area contributed by atoms with Crippen molar-refractivity contribution in [1.29, 1.82) is 0 Å². The fraction of sp³-hybridized carbons (Fsp3) is 0.278. The van der Waals surface area contributed by atoms with E-state index >= 15 is 0 Å². The molecule has 0 unspecified atom stereocenters. The van der Waals surface area contributed by atoms with Crippen LogP contribution in [0.5, 0.6) is 5.75 Å². The van der Waals surface area contributed by atoms with E-state index in [0.29, 0.717) is 18.0 Å². The van der Waals surface area contributed by atoms with Gasteiger partial charge in [-0.25, -0.2) is 13.2 Å². The lowest BCUT2D eigenvalue weighted by atomic mass is 10.1. The van der Waals surface area contributed by atoms with Gasteiger partial charge in [-0.1, -0.05) is 6.07 Å². The van der Waals surface area contributed by atoms with E-state index in [1.165, 1.54) is 32.4 Å². The number of ether oxygens (including phenoxy) is 2. The van der Waals surface area contributed by atoms with Crippen LogP contribution in [0.25, 0.3) is 0 Å². The second-order valence-corrected chi connectivity index (χ2v) is 7.34. The summed E-state index contributed by atoms with van der Waals surface area (Å²) in [6.07, 6.45) is 0. The zero-order valence-corrected chi connectivity index (χ0v) is 15.5. The van der Waals surface area contributed by atoms with Crippen LogP contribution in [0.2, 0.25) is 0 Å². The molecule has 0 saturated carbocycles. The zero-order valence-electron chi connectivity index (χ0n) is 14.6. The van der Waals surface area contributed by atoms with E-state index in [2.05, 4.69) is 0 Å². The summed E-state index contributed by atoms with van der Waals surface area (Å²) in [7, 11) is -1.04. The molecule has 0 aliphatic carbocycles. The van der Waals surface area contributed by atoms with E-state index in [9.17, 15) is 13.2 Å². The molecule has 0 spiro atoms. The third-order valence-corrected chi connectivity index (χ3v) is 5.55. The summed E-state index contributed by atoms with van der Waals surface area (Å²) in [5.74, 6) is 0.0843. The van der Waals surface area contributed by atoms with Crippen LogP contribution in [0.15, 0.2) is 47.4 Å². The first kappa shape index (κ1) is 18.8. The summed E-state index contributed by atoms with van der Waals surface area (Å²) < 4.78 is 36.9. The van der Waals surface area contributed by atoms with Crippen LogP contribution >= 0.6 is 0 Å². The molecule has 0 radical (unpaired) electrons. The summed E-state index contributed by atoms with van der Waals surface area (Å²) in [6.45, 7) is 4.14. The van der Waals surface area contributed by atoms with E-state index < -0.39 is 16.0 Å². The number of anilines is 1. The Balaban J connectivity index is 2.41. The standard InChI is InChI=1S/C18H21NO5S/c1-5-24-15-8-10-16(11-9-15)25(21,22)19(3)17-12-14(18(20)23-4)7-6-13(17)2/h6-12H,5H2,1-4H3. The number of benzene rings is 2. The van der Waals surface area contributed by atoms with Crippen LogP contribution < -0.4 is 9.04 Å². The summed E-state index contributed by atoms with van der Waals surface area (Å²) in [4.78, 5) is 11.9. The van der Waals surface area contributed by atoms with Gasteiger partial charge >= 0.3 is 5.97 Å². The average molecular weight is 363 g/mol. The Morgan fingerprint density at radius 3 is 2.32 bits per heavy atom. The largest absolute Gasteiger partial charge is 0.494 e. The first-order chi connectivity index (χ1) is 11.8. The summed E-state index contributed by atoms with van der Waals surface area (Å²) >= 11 is 0. The van der Waals surface area contributed by atoms with Crippen LogP contribution in [0.4, 0.5) is 5.69 Å². The average Bonchev–Trinajstić information content (AvgIpc) is 2.61. The molecule has 7 heteroatoms. The highest BCUT2D eigenvalue weighted by molar-refractivity contribution is 7.92. The topological polar surface area (TPSA) is 72.9 Å². The number of hydrogen-bond acceptors (Lipinski definition) is 5. The van der Waals surface area contributed by atoms with Crippen molar-refractivity contribution in [2.45, 2.75) is 18.7 Å². The maximum absolute atomic E-state index is 12.9. The molecular formula is C18H21NO5S. The normalized spacial score (nSPS) is 11.0. The van der Waals surface area contributed by atoms with Crippen LogP contribution in [0.3, 0.4) is 0 Å². The summed E-state index contributed by atoms with van der Waals surface area (Å²) in [5, 5.41) is 0. The molecule has 2 rings (SSSR count). The van der Waals surface area contributed by atoms with Gasteiger partial charge in [0.25, 0.3) is 10.0 Å². The molecule has 134 valence electrons. The number of aryl methyl sites for hydroxylation is 1. The van der Waals surface area contributed by atoms with E-state index in [1.54, 1.807) is 31.2 Å². The predicted molar refractivity (Wildman–Crippen MR) is 95.7 cm³/mol. The minimum atomic E-state index is -3.77. The van der Waals surface area contributed by atoms with Crippen molar-refractivity contribution in [3.63, 3.8) is 0 Å². The van der Waals surface area contributed by atoms with Crippen LogP contribution in [0, 0.1) is 6.92 Å². The molecule has 2 aromatic rings. The maximum Gasteiger partial charge on any atom is 0.337 e. The number of carbonyl (C=O) groups is 1. The van der Waals surface area contributed by atoms with Crippen molar-refractivity contribution in [1.82, 2.24) is 0 Å². The highest BCUT2D eigenvalue weighted by atomic mass is 32.2. The predicted octanol–water partition coefficient (Wildman–Crippen LogP) is 3.01. The molecule has 6 nitrogen and oxygen atoms in total. The van der Waals surface area contributed by atoms with Gasteiger partial charge in [-0.05, 0) is 55.8 Å². The molecule has 0 atom stereocenters. The fourth-order valence-electron chi connectivity index (χ4n) is 2.36. The van der Waals surface area contributed by atoms with Gasteiger partial charge in [-0.3, -0.25) is 4.31 Å². The molecule has 0 aromatic heterocycles. The Bertz CT molecular complexity index is 860. The molecule has 0 saturated heterocycles. The number of carbonyl (C=O) groups excluding carboxylic acids is 1. The molecule has 0 fully saturated rings. The molecule has 0 heterocycles. The molecule has 25 heavy (non-hydrogen) atoms. The molecule has 0 amide bonds. The zero-order chi connectivity index (χ0) is 18.6. The van der Waals surface area contributed by atoms with Gasteiger partial charge in [0.15, 0.2) is 0 Å². The van der Waals surface area contributed by atoms with E-state index in [-0.39, 0.29) is 10.5 Å². The Morgan fingerprint density at radius 1 is 1.12 bits per heavy atom. The van der Waals surface area contributed by atoms with Crippen molar-refractivity contribution >= 4 is 21.7 Å². The molecule has 0 aliphatic rings. The van der Waals surface area contributed by atoms with Gasteiger partial charge in [-0.2, -0.15) is 0 Å². The summed E-state index contributed by atoms with van der Waals surface area (Å²) in [6, 6.07) is 11.0. The van der Waals surface area contributed by atoms with Crippen molar-refractivity contribution < 1.29 is 22.7 Å². The SMILES string of the molecule is CCOc1ccc(S(=O)(=O)N(C)c2cc(C(=O)OC)ccc2C)cc1. The lowest BCUT2D eigenvalue weighted by Crippen LogP contribution is -2.27. The van der Waals surface area contributed by atoms with Gasteiger partial charge in [0.2, 0.25) is 0 Å². The summed E-state index contributed by atoms with van der Waals surface area (Å²) in [5.41, 5.74) is 1.43. The molecule has 0 aliphatic heterocycles. The van der Waals surface area contributed by atoms with E-state index in [4.69, 9.17) is 9.47 Å². The van der Waals surface area contributed by atoms with Crippen molar-refractivity contribution in [2.75, 3.05) is 25.1 Å². The first-order valence-electron chi connectivity index (χ1n) is 7.72. The molecule has 2 aromatic carbocycles. The first-order valence-corrected chi connectivity index (χ1v) is 9.16. The van der Waals surface area contributed by atoms with Gasteiger partial charge in [0.1, 0.15) is 5.75 Å². The molecular weight excluding hydrogens is 342 g/mol.